The zero-order valence-electron chi connectivity index (χ0n) is 19.7. The van der Waals surface area contributed by atoms with Gasteiger partial charge in [0.1, 0.15) is 17.1 Å². The lowest BCUT2D eigenvalue weighted by Gasteiger charge is -2.24. The second-order valence-electron chi connectivity index (χ2n) is 9.12. The molecule has 0 radical (unpaired) electrons. The Kier molecular flexibility index (Phi) is 4.91. The molecule has 0 aromatic heterocycles. The Bertz CT molecular complexity index is 1570. The van der Waals surface area contributed by atoms with Crippen molar-refractivity contribution < 1.29 is 14.9 Å². The zero-order chi connectivity index (χ0) is 24.2. The fraction of sp³-hybridized carbons (Fsp3) is 0.125. The van der Waals surface area contributed by atoms with Crippen LogP contribution in [0.3, 0.4) is 0 Å². The molecule has 0 saturated carbocycles. The number of rotatable bonds is 4. The number of aliphatic hydroxyl groups is 1. The summed E-state index contributed by atoms with van der Waals surface area (Å²) >= 11 is 0. The van der Waals surface area contributed by atoms with Gasteiger partial charge in [0, 0.05) is 16.5 Å². The first kappa shape index (κ1) is 21.5. The molecule has 5 aromatic carbocycles. The quantitative estimate of drug-likeness (QED) is 0.293. The molecule has 2 N–H and O–H groups in total. The summed E-state index contributed by atoms with van der Waals surface area (Å²) in [5.41, 5.74) is 6.77. The highest BCUT2D eigenvalue weighted by Crippen LogP contribution is 2.54. The minimum absolute atomic E-state index is 0.141. The van der Waals surface area contributed by atoms with E-state index in [1.54, 1.807) is 13.2 Å². The first-order valence-electron chi connectivity index (χ1n) is 11.9. The summed E-state index contributed by atoms with van der Waals surface area (Å²) in [6.45, 7) is 1.97. The highest BCUT2D eigenvalue weighted by atomic mass is 16.5. The lowest BCUT2D eigenvalue weighted by atomic mass is 9.87. The van der Waals surface area contributed by atoms with Gasteiger partial charge in [-0.05, 0) is 63.4 Å². The van der Waals surface area contributed by atoms with Crippen LogP contribution in [-0.2, 0) is 5.60 Å². The lowest BCUT2D eigenvalue weighted by molar-refractivity contribution is 0.0812. The second kappa shape index (κ2) is 8.00. The third-order valence-electron chi connectivity index (χ3n) is 7.34. The summed E-state index contributed by atoms with van der Waals surface area (Å²) in [7, 11) is 1.65. The van der Waals surface area contributed by atoms with E-state index < -0.39 is 5.60 Å². The van der Waals surface area contributed by atoms with Crippen LogP contribution in [0.1, 0.15) is 24.5 Å². The first-order chi connectivity index (χ1) is 17.0. The second-order valence-corrected chi connectivity index (χ2v) is 9.12. The van der Waals surface area contributed by atoms with Gasteiger partial charge in [0.05, 0.1) is 7.11 Å². The van der Waals surface area contributed by atoms with E-state index >= 15 is 0 Å². The Morgan fingerprint density at radius 2 is 1.34 bits per heavy atom. The number of ether oxygens (including phenoxy) is 1. The molecule has 1 unspecified atom stereocenters. The van der Waals surface area contributed by atoms with Gasteiger partial charge in [-0.15, -0.1) is 0 Å². The van der Waals surface area contributed by atoms with Crippen LogP contribution in [0.4, 0.5) is 0 Å². The molecule has 1 aliphatic rings. The molecule has 35 heavy (non-hydrogen) atoms. The standard InChI is InChI=1S/C32H26O3/c1-3-32(34)27-12-8-7-11-23(27)31-26-17-24(30(35-2)18-25(26)29(33)19-28(31)32)22-15-13-21(14-16-22)20-9-5-4-6-10-20/h4-19,33-34H,3H2,1-2H3. The van der Waals surface area contributed by atoms with Crippen molar-refractivity contribution in [2.24, 2.45) is 0 Å². The Morgan fingerprint density at radius 3 is 2.06 bits per heavy atom. The van der Waals surface area contributed by atoms with Gasteiger partial charge in [0.25, 0.3) is 0 Å². The molecule has 0 fully saturated rings. The normalized spacial score (nSPS) is 16.2. The predicted octanol–water partition coefficient (Wildman–Crippen LogP) is 7.51. The van der Waals surface area contributed by atoms with E-state index in [2.05, 4.69) is 48.5 Å². The van der Waals surface area contributed by atoms with Crippen molar-refractivity contribution in [3.63, 3.8) is 0 Å². The van der Waals surface area contributed by atoms with Crippen molar-refractivity contribution >= 4 is 10.8 Å². The molecule has 1 aliphatic carbocycles. The SMILES string of the molecule is CCC1(O)c2ccccc2-c2c1cc(O)c1cc(OC)c(-c3ccc(-c4ccccc4)cc3)cc21. The Morgan fingerprint density at radius 1 is 0.686 bits per heavy atom. The van der Waals surface area contributed by atoms with Gasteiger partial charge in [0.15, 0.2) is 0 Å². The summed E-state index contributed by atoms with van der Waals surface area (Å²) in [6.07, 6.45) is 0.520. The van der Waals surface area contributed by atoms with Crippen molar-refractivity contribution in [1.82, 2.24) is 0 Å². The first-order valence-corrected chi connectivity index (χ1v) is 11.9. The van der Waals surface area contributed by atoms with Crippen LogP contribution >= 0.6 is 0 Å². The summed E-state index contributed by atoms with van der Waals surface area (Å²) < 4.78 is 5.77. The molecule has 0 amide bonds. The molecular weight excluding hydrogens is 432 g/mol. The summed E-state index contributed by atoms with van der Waals surface area (Å²) in [4.78, 5) is 0. The van der Waals surface area contributed by atoms with E-state index in [1.165, 1.54) is 5.56 Å². The average molecular weight is 459 g/mol. The fourth-order valence-corrected chi connectivity index (χ4v) is 5.50. The number of methoxy groups -OCH3 is 1. The van der Waals surface area contributed by atoms with Crippen molar-refractivity contribution in [3.8, 4) is 44.9 Å². The minimum Gasteiger partial charge on any atom is -0.507 e. The maximum absolute atomic E-state index is 11.7. The van der Waals surface area contributed by atoms with Gasteiger partial charge in [-0.3, -0.25) is 0 Å². The smallest absolute Gasteiger partial charge is 0.127 e. The van der Waals surface area contributed by atoms with Crippen LogP contribution in [-0.4, -0.2) is 17.3 Å². The highest BCUT2D eigenvalue weighted by Gasteiger charge is 2.41. The van der Waals surface area contributed by atoms with Crippen LogP contribution in [0, 0.1) is 0 Å². The average Bonchev–Trinajstić information content (AvgIpc) is 3.17. The van der Waals surface area contributed by atoms with Gasteiger partial charge >= 0.3 is 0 Å². The Hall–Kier alpha value is -4.08. The zero-order valence-corrected chi connectivity index (χ0v) is 19.7. The third-order valence-corrected chi connectivity index (χ3v) is 7.34. The molecule has 0 heterocycles. The topological polar surface area (TPSA) is 49.7 Å². The van der Waals surface area contributed by atoms with E-state index in [0.717, 1.165) is 44.3 Å². The number of hydrogen-bond donors (Lipinski definition) is 2. The Balaban J connectivity index is 1.59. The maximum Gasteiger partial charge on any atom is 0.127 e. The maximum atomic E-state index is 11.7. The van der Waals surface area contributed by atoms with Crippen molar-refractivity contribution in [2.75, 3.05) is 7.11 Å². The summed E-state index contributed by atoms with van der Waals surface area (Å²) in [5, 5.41) is 24.3. The van der Waals surface area contributed by atoms with Gasteiger partial charge in [-0.1, -0.05) is 85.8 Å². The molecule has 1 atom stereocenters. The van der Waals surface area contributed by atoms with Crippen LogP contribution in [0.25, 0.3) is 44.2 Å². The number of fused-ring (bicyclic) bond motifs is 5. The molecule has 0 aliphatic heterocycles. The number of hydrogen-bond acceptors (Lipinski definition) is 3. The lowest BCUT2D eigenvalue weighted by Crippen LogP contribution is -2.23. The number of phenolic OH excluding ortho intramolecular Hbond substituents is 1. The molecule has 0 bridgehead atoms. The molecule has 0 spiro atoms. The highest BCUT2D eigenvalue weighted by molar-refractivity contribution is 6.07. The summed E-state index contributed by atoms with van der Waals surface area (Å²) in [5.74, 6) is 0.833. The van der Waals surface area contributed by atoms with Crippen molar-refractivity contribution in [3.05, 3.63) is 108 Å². The fourth-order valence-electron chi connectivity index (χ4n) is 5.50. The Labute approximate surface area is 204 Å². The monoisotopic (exact) mass is 458 g/mol. The van der Waals surface area contributed by atoms with Crippen LogP contribution in [0.5, 0.6) is 11.5 Å². The van der Waals surface area contributed by atoms with Crippen molar-refractivity contribution in [1.29, 1.82) is 0 Å². The van der Waals surface area contributed by atoms with E-state index in [0.29, 0.717) is 17.6 Å². The van der Waals surface area contributed by atoms with Gasteiger partial charge < -0.3 is 14.9 Å². The number of benzene rings is 5. The van der Waals surface area contributed by atoms with E-state index in [-0.39, 0.29) is 5.75 Å². The molecule has 3 nitrogen and oxygen atoms in total. The third kappa shape index (κ3) is 3.16. The van der Waals surface area contributed by atoms with E-state index in [1.807, 2.05) is 49.4 Å². The molecule has 3 heteroatoms. The van der Waals surface area contributed by atoms with Crippen LogP contribution in [0.15, 0.2) is 97.1 Å². The number of aromatic hydroxyl groups is 1. The minimum atomic E-state index is -1.13. The molecule has 5 aromatic rings. The predicted molar refractivity (Wildman–Crippen MR) is 142 cm³/mol. The molecule has 172 valence electrons. The summed E-state index contributed by atoms with van der Waals surface area (Å²) in [6, 6.07) is 32.4. The van der Waals surface area contributed by atoms with Crippen LogP contribution < -0.4 is 4.74 Å². The van der Waals surface area contributed by atoms with Gasteiger partial charge in [-0.25, -0.2) is 0 Å². The van der Waals surface area contributed by atoms with E-state index in [4.69, 9.17) is 4.74 Å². The van der Waals surface area contributed by atoms with Gasteiger partial charge in [-0.2, -0.15) is 0 Å². The number of phenols is 1. The van der Waals surface area contributed by atoms with Gasteiger partial charge in [0.2, 0.25) is 0 Å². The molecule has 6 rings (SSSR count). The molecular formula is C32H26O3. The molecule has 0 saturated heterocycles. The largest absolute Gasteiger partial charge is 0.507 e. The van der Waals surface area contributed by atoms with E-state index in [9.17, 15) is 10.2 Å². The van der Waals surface area contributed by atoms with Crippen LogP contribution in [0.2, 0.25) is 0 Å². The van der Waals surface area contributed by atoms with Crippen molar-refractivity contribution in [2.45, 2.75) is 18.9 Å².